The zero-order valence-electron chi connectivity index (χ0n) is 5.51. The summed E-state index contributed by atoms with van der Waals surface area (Å²) in [5.74, 6) is 0. The number of imidazole rings is 1. The van der Waals surface area contributed by atoms with Gasteiger partial charge in [-0.3, -0.25) is 0 Å². The van der Waals surface area contributed by atoms with E-state index in [0.717, 1.165) is 11.0 Å². The molecule has 0 saturated heterocycles. The molecule has 0 saturated carbocycles. The maximum Gasteiger partial charge on any atom is 0.0931 e. The second-order valence-electron chi connectivity index (χ2n) is 1.92. The summed E-state index contributed by atoms with van der Waals surface area (Å²) in [6, 6.07) is 7.94. The molecule has 0 aliphatic carbocycles. The molecule has 2 aromatic rings. The van der Waals surface area contributed by atoms with E-state index in [1.807, 2.05) is 24.3 Å². The van der Waals surface area contributed by atoms with Crippen molar-refractivity contribution in [2.75, 3.05) is 0 Å². The van der Waals surface area contributed by atoms with Crippen molar-refractivity contribution in [3.8, 4) is 0 Å². The fourth-order valence-electron chi connectivity index (χ4n) is 0.880. The average Bonchev–Trinajstić information content (AvgIpc) is 2.55. The number of aromatic amines is 1. The number of halogens is 1. The number of nitrogens with zero attached hydrogens (tertiary/aromatic N) is 1. The van der Waals surface area contributed by atoms with Gasteiger partial charge in [0.1, 0.15) is 0 Å². The van der Waals surface area contributed by atoms with Crippen LogP contribution in [-0.4, -0.2) is 9.97 Å². The van der Waals surface area contributed by atoms with E-state index >= 15 is 0 Å². The Morgan fingerprint density at radius 2 is 2.00 bits per heavy atom. The molecule has 0 unspecified atom stereocenters. The van der Waals surface area contributed by atoms with Crippen LogP contribution >= 0.6 is 9.19 Å². The van der Waals surface area contributed by atoms with Gasteiger partial charge in [-0.05, 0) is 12.1 Å². The number of H-pyrrole nitrogens is 1. The molecule has 2 nitrogen and oxygen atoms in total. The molecule has 0 radical (unpaired) electrons. The van der Waals surface area contributed by atoms with Crippen molar-refractivity contribution in [2.24, 2.45) is 0 Å². The smallest absolute Gasteiger partial charge is 0.0931 e. The normalized spacial score (nSPS) is 9.00. The number of fused-ring (bicyclic) bond motifs is 1. The van der Waals surface area contributed by atoms with E-state index in [0.29, 0.717) is 0 Å². The number of para-hydroxylation sites is 2. The summed E-state index contributed by atoms with van der Waals surface area (Å²) in [4.78, 5) is 7.07. The summed E-state index contributed by atoms with van der Waals surface area (Å²) in [5.41, 5.74) is 2.12. The third kappa shape index (κ3) is 2.07. The SMILES string of the molecule is [Cl][Au].c1ccc2[nH]cnc2c1. The Bertz CT molecular complexity index is 290. The summed E-state index contributed by atoms with van der Waals surface area (Å²) in [6.45, 7) is 0. The van der Waals surface area contributed by atoms with Crippen molar-refractivity contribution >= 4 is 20.2 Å². The number of aromatic nitrogens is 2. The first-order chi connectivity index (χ1) is 5.47. The quantitative estimate of drug-likeness (QED) is 0.726. The molecule has 0 atom stereocenters. The third-order valence-electron chi connectivity index (χ3n) is 1.33. The fraction of sp³-hybridized carbons (Fsp3) is 0. The summed E-state index contributed by atoms with van der Waals surface area (Å²) >= 11 is 1.75. The zero-order valence-corrected chi connectivity index (χ0v) is 8.44. The van der Waals surface area contributed by atoms with Crippen molar-refractivity contribution in [1.29, 1.82) is 0 Å². The summed E-state index contributed by atoms with van der Waals surface area (Å²) < 4.78 is 0. The summed E-state index contributed by atoms with van der Waals surface area (Å²) in [7, 11) is 4.58. The van der Waals surface area contributed by atoms with E-state index in [1.54, 1.807) is 26.3 Å². The van der Waals surface area contributed by atoms with Crippen molar-refractivity contribution in [3.05, 3.63) is 30.6 Å². The molecule has 0 spiro atoms. The molecule has 0 bridgehead atoms. The molecule has 1 heterocycles. The van der Waals surface area contributed by atoms with Gasteiger partial charge >= 0.3 is 29.2 Å². The molecule has 0 aliphatic heterocycles. The monoisotopic (exact) mass is 350 g/mol. The Balaban J connectivity index is 0.000000281. The van der Waals surface area contributed by atoms with Crippen LogP contribution in [0.5, 0.6) is 0 Å². The maximum atomic E-state index is 4.58. The van der Waals surface area contributed by atoms with Crippen LogP contribution in [0.4, 0.5) is 0 Å². The first kappa shape index (κ1) is 8.81. The van der Waals surface area contributed by atoms with E-state index in [9.17, 15) is 0 Å². The second kappa shape index (κ2) is 4.57. The van der Waals surface area contributed by atoms with Gasteiger partial charge in [0.05, 0.1) is 17.4 Å². The Labute approximate surface area is 80.7 Å². The average molecular weight is 351 g/mol. The summed E-state index contributed by atoms with van der Waals surface area (Å²) in [6.07, 6.45) is 1.70. The first-order valence-corrected chi connectivity index (χ1v) is 5.65. The number of hydrogen-bond acceptors (Lipinski definition) is 1. The Morgan fingerprint density at radius 1 is 1.27 bits per heavy atom. The molecule has 1 aromatic carbocycles. The van der Waals surface area contributed by atoms with Gasteiger partial charge in [-0.25, -0.2) is 4.98 Å². The number of hydrogen-bond donors (Lipinski definition) is 1. The Hall–Kier alpha value is -0.280. The van der Waals surface area contributed by atoms with Crippen molar-refractivity contribution < 1.29 is 20.0 Å². The largest absolute Gasteiger partial charge is 0.345 e. The van der Waals surface area contributed by atoms with Crippen LogP contribution in [0.25, 0.3) is 11.0 Å². The van der Waals surface area contributed by atoms with Crippen LogP contribution in [0.2, 0.25) is 0 Å². The fourth-order valence-corrected chi connectivity index (χ4v) is 0.880. The van der Waals surface area contributed by atoms with Gasteiger partial charge in [-0.15, -0.1) is 0 Å². The third-order valence-corrected chi connectivity index (χ3v) is 1.33. The van der Waals surface area contributed by atoms with Gasteiger partial charge in [0, 0.05) is 0 Å². The van der Waals surface area contributed by atoms with Crippen LogP contribution < -0.4 is 0 Å². The maximum absolute atomic E-state index is 4.58. The molecular weight excluding hydrogens is 345 g/mol. The molecular formula is C7H6AuClN2. The van der Waals surface area contributed by atoms with Gasteiger partial charge < -0.3 is 4.98 Å². The molecule has 2 rings (SSSR count). The van der Waals surface area contributed by atoms with Gasteiger partial charge in [0.2, 0.25) is 0 Å². The number of nitrogens with one attached hydrogen (secondary N) is 1. The minimum absolute atomic E-state index is 1.03. The minimum Gasteiger partial charge on any atom is -0.345 e. The minimum atomic E-state index is 1.03. The van der Waals surface area contributed by atoms with E-state index in [1.165, 1.54) is 0 Å². The van der Waals surface area contributed by atoms with Gasteiger partial charge in [0.15, 0.2) is 0 Å². The molecule has 1 N–H and O–H groups in total. The standard InChI is InChI=1S/C7H6N2.Au.ClH/c1-2-4-7-6(3-1)8-5-9-7;;/h1-5H,(H,8,9);;1H/q;+1;/p-1. The molecule has 1 aromatic heterocycles. The topological polar surface area (TPSA) is 28.7 Å². The summed E-state index contributed by atoms with van der Waals surface area (Å²) in [5, 5.41) is 0. The number of benzene rings is 1. The molecule has 0 fully saturated rings. The van der Waals surface area contributed by atoms with Crippen molar-refractivity contribution in [3.63, 3.8) is 0 Å². The van der Waals surface area contributed by atoms with Crippen LogP contribution in [0.1, 0.15) is 0 Å². The predicted octanol–water partition coefficient (Wildman–Crippen LogP) is 2.25. The zero-order chi connectivity index (χ0) is 8.10. The van der Waals surface area contributed by atoms with Gasteiger partial charge in [-0.1, -0.05) is 12.1 Å². The van der Waals surface area contributed by atoms with Crippen LogP contribution in [0, 0.1) is 0 Å². The van der Waals surface area contributed by atoms with Crippen LogP contribution in [-0.2, 0) is 20.0 Å². The molecule has 0 amide bonds. The van der Waals surface area contributed by atoms with Gasteiger partial charge in [0.25, 0.3) is 0 Å². The molecule has 11 heavy (non-hydrogen) atoms. The second-order valence-corrected chi connectivity index (χ2v) is 1.92. The van der Waals surface area contributed by atoms with Crippen LogP contribution in [0.15, 0.2) is 30.6 Å². The predicted molar refractivity (Wildman–Crippen MR) is 41.9 cm³/mol. The Morgan fingerprint density at radius 3 is 2.73 bits per heavy atom. The van der Waals surface area contributed by atoms with Crippen LogP contribution in [0.3, 0.4) is 0 Å². The number of rotatable bonds is 0. The van der Waals surface area contributed by atoms with Crippen molar-refractivity contribution in [2.45, 2.75) is 0 Å². The van der Waals surface area contributed by atoms with E-state index < -0.39 is 0 Å². The first-order valence-electron chi connectivity index (χ1n) is 2.96. The van der Waals surface area contributed by atoms with E-state index in [-0.39, 0.29) is 0 Å². The van der Waals surface area contributed by atoms with Gasteiger partial charge in [-0.2, -0.15) is 0 Å². The molecule has 0 aliphatic rings. The van der Waals surface area contributed by atoms with E-state index in [2.05, 4.69) is 19.2 Å². The molecule has 4 heteroatoms. The Kier molecular flexibility index (Phi) is 3.66. The van der Waals surface area contributed by atoms with Crippen molar-refractivity contribution in [1.82, 2.24) is 9.97 Å². The molecule has 62 valence electrons. The van der Waals surface area contributed by atoms with E-state index in [4.69, 9.17) is 0 Å².